The van der Waals surface area contributed by atoms with Gasteiger partial charge in [0.25, 0.3) is 5.91 Å². The van der Waals surface area contributed by atoms with E-state index in [1.54, 1.807) is 24.3 Å². The Bertz CT molecular complexity index is 1620. The first-order chi connectivity index (χ1) is 21.6. The van der Waals surface area contributed by atoms with E-state index in [2.05, 4.69) is 15.6 Å². The van der Waals surface area contributed by atoms with Gasteiger partial charge in [0.05, 0.1) is 16.8 Å². The number of hydrogen-bond donors (Lipinski definition) is 3. The molecule has 3 N–H and O–H groups in total. The van der Waals surface area contributed by atoms with Gasteiger partial charge in [-0.2, -0.15) is 0 Å². The van der Waals surface area contributed by atoms with E-state index in [-0.39, 0.29) is 36.8 Å². The predicted octanol–water partition coefficient (Wildman–Crippen LogP) is 6.31. The van der Waals surface area contributed by atoms with E-state index in [4.69, 9.17) is 23.2 Å². The monoisotopic (exact) mass is 655 g/mol. The van der Waals surface area contributed by atoms with E-state index in [9.17, 15) is 28.4 Å². The van der Waals surface area contributed by atoms with Gasteiger partial charge in [-0.15, -0.1) is 0 Å². The van der Waals surface area contributed by atoms with Crippen LogP contribution in [0, 0.1) is 17.7 Å². The number of halogens is 3. The maximum atomic E-state index is 14.1. The minimum absolute atomic E-state index is 0.000311. The Morgan fingerprint density at radius 2 is 1.76 bits per heavy atom. The highest BCUT2D eigenvalue weighted by Crippen LogP contribution is 2.30. The van der Waals surface area contributed by atoms with E-state index >= 15 is 0 Å². The lowest BCUT2D eigenvalue weighted by Gasteiger charge is -2.26. The van der Waals surface area contributed by atoms with Gasteiger partial charge < -0.3 is 15.6 Å². The summed E-state index contributed by atoms with van der Waals surface area (Å²) in [4.78, 5) is 69.5. The van der Waals surface area contributed by atoms with E-state index < -0.39 is 47.1 Å². The number of rotatable bonds is 12. The quantitative estimate of drug-likeness (QED) is 0.156. The summed E-state index contributed by atoms with van der Waals surface area (Å²) in [5.74, 6) is -4.60. The fourth-order valence-corrected chi connectivity index (χ4v) is 7.00. The molecule has 2 fully saturated rings. The second kappa shape index (κ2) is 14.7. The Hall–Kier alpha value is -3.56. The third kappa shape index (κ3) is 8.38. The number of Topliss-reactive ketones (excluding diaryl/α,β-unsaturated/α-hetero) is 3. The van der Waals surface area contributed by atoms with Crippen LogP contribution in [0.2, 0.25) is 10.0 Å². The predicted molar refractivity (Wildman–Crippen MR) is 170 cm³/mol. The Morgan fingerprint density at radius 1 is 0.978 bits per heavy atom. The van der Waals surface area contributed by atoms with Crippen LogP contribution >= 0.6 is 23.2 Å². The number of aromatic amines is 1. The normalized spacial score (nSPS) is 18.5. The van der Waals surface area contributed by atoms with E-state index in [0.717, 1.165) is 32.1 Å². The van der Waals surface area contributed by atoms with Gasteiger partial charge in [-0.25, -0.2) is 4.39 Å². The van der Waals surface area contributed by atoms with Crippen LogP contribution in [0.5, 0.6) is 0 Å². The molecule has 2 aromatic carbocycles. The number of fused-ring (bicyclic) bond motifs is 1. The number of carbonyl (C=O) groups is 5. The van der Waals surface area contributed by atoms with Crippen LogP contribution in [-0.2, 0) is 25.6 Å². The maximum absolute atomic E-state index is 14.1. The molecular formula is C34H36Cl2FN3O5. The molecule has 0 unspecified atom stereocenters. The Labute approximate surface area is 270 Å². The number of carbonyl (C=O) groups excluding carboxylic acids is 5. The molecule has 8 nitrogen and oxygen atoms in total. The molecule has 5 rings (SSSR count). The summed E-state index contributed by atoms with van der Waals surface area (Å²) in [5.41, 5.74) is 1.25. The summed E-state index contributed by atoms with van der Waals surface area (Å²) in [5, 5.41) is 6.87. The largest absolute Gasteiger partial charge is 0.352 e. The molecule has 0 spiro atoms. The average molecular weight is 657 g/mol. The van der Waals surface area contributed by atoms with Crippen molar-refractivity contribution in [3.8, 4) is 0 Å². The van der Waals surface area contributed by atoms with Crippen LogP contribution in [0.1, 0.15) is 80.3 Å². The highest BCUT2D eigenvalue weighted by atomic mass is 35.5. The second-order valence-electron chi connectivity index (χ2n) is 12.2. The van der Waals surface area contributed by atoms with Crippen LogP contribution in [-0.4, -0.2) is 46.2 Å². The molecule has 0 radical (unpaired) electrons. The number of hydrogen-bond acceptors (Lipinski definition) is 5. The van der Waals surface area contributed by atoms with Gasteiger partial charge in [0.15, 0.2) is 5.78 Å². The smallest absolute Gasteiger partial charge is 0.289 e. The zero-order chi connectivity index (χ0) is 32.1. The minimum atomic E-state index is -1.24. The van der Waals surface area contributed by atoms with Gasteiger partial charge in [-0.1, -0.05) is 54.6 Å². The Morgan fingerprint density at radius 3 is 2.47 bits per heavy atom. The minimum Gasteiger partial charge on any atom is -0.352 e. The summed E-state index contributed by atoms with van der Waals surface area (Å²) in [7, 11) is 0. The van der Waals surface area contributed by atoms with Crippen LogP contribution in [0.4, 0.5) is 4.39 Å². The van der Waals surface area contributed by atoms with Gasteiger partial charge in [0, 0.05) is 46.6 Å². The lowest BCUT2D eigenvalue weighted by atomic mass is 9.90. The second-order valence-corrected chi connectivity index (χ2v) is 13.1. The van der Waals surface area contributed by atoms with Crippen molar-refractivity contribution in [2.45, 2.75) is 82.7 Å². The molecule has 2 aliphatic carbocycles. The molecule has 2 amide bonds. The van der Waals surface area contributed by atoms with Gasteiger partial charge in [0.1, 0.15) is 11.6 Å². The first-order valence-corrected chi connectivity index (χ1v) is 16.3. The van der Waals surface area contributed by atoms with Gasteiger partial charge >= 0.3 is 0 Å². The van der Waals surface area contributed by atoms with Gasteiger partial charge in [-0.3, -0.25) is 24.0 Å². The van der Waals surface area contributed by atoms with E-state index in [0.29, 0.717) is 45.8 Å². The van der Waals surface area contributed by atoms with Crippen molar-refractivity contribution >= 4 is 63.3 Å². The lowest BCUT2D eigenvalue weighted by molar-refractivity contribution is -0.141. The number of H-pyrrole nitrogens is 1. The highest BCUT2D eigenvalue weighted by Gasteiger charge is 2.36. The molecule has 1 aromatic heterocycles. The molecule has 45 heavy (non-hydrogen) atoms. The standard InChI is InChI=1S/C34H36Cl2FN3O5/c35-22-16-26(36)25-18-28(39-27(25)17-22)31(42)15-21(12-19-6-4-8-23(37)13-19)33(44)40-29(14-20-7-5-11-30(20)41)32(43)34(45)38-24-9-2-1-3-10-24/h4,6,8,13,16-18,20-21,24,29,39H,1-3,5,7,9-12,14-15H2,(H,38,45)(H,40,44)/t20-,21+,29-/m0/s1. The van der Waals surface area contributed by atoms with Crippen molar-refractivity contribution in [3.05, 3.63) is 69.6 Å². The fourth-order valence-electron chi connectivity index (χ4n) is 6.45. The van der Waals surface area contributed by atoms with Gasteiger partial charge in [0.2, 0.25) is 11.7 Å². The van der Waals surface area contributed by atoms with Crippen molar-refractivity contribution in [3.63, 3.8) is 0 Å². The Kier molecular flexibility index (Phi) is 10.7. The molecule has 2 saturated carbocycles. The van der Waals surface area contributed by atoms with Crippen LogP contribution in [0.15, 0.2) is 42.5 Å². The third-order valence-electron chi connectivity index (χ3n) is 8.87. The molecule has 0 saturated heterocycles. The molecule has 0 aliphatic heterocycles. The molecule has 238 valence electrons. The average Bonchev–Trinajstić information content (AvgIpc) is 3.62. The van der Waals surface area contributed by atoms with E-state index in [1.165, 1.54) is 18.2 Å². The number of ketones is 3. The van der Waals surface area contributed by atoms with Crippen LogP contribution < -0.4 is 10.6 Å². The molecule has 3 aromatic rings. The first-order valence-electron chi connectivity index (χ1n) is 15.5. The van der Waals surface area contributed by atoms with Crippen molar-refractivity contribution in [2.24, 2.45) is 11.8 Å². The summed E-state index contributed by atoms with van der Waals surface area (Å²) >= 11 is 12.4. The van der Waals surface area contributed by atoms with Crippen molar-refractivity contribution < 1.29 is 28.4 Å². The SMILES string of the molecule is O=C(NC1CCCCC1)C(=O)[C@H](C[C@@H]1CCCC1=O)NC(=O)[C@@H](CC(=O)c1cc2c(Cl)cc(Cl)cc2[nH]1)Cc1cccc(F)c1. The lowest BCUT2D eigenvalue weighted by Crippen LogP contribution is -2.52. The molecule has 2 aliphatic rings. The van der Waals surface area contributed by atoms with Gasteiger partial charge in [-0.05, 0) is 74.4 Å². The number of amides is 2. The summed E-state index contributed by atoms with van der Waals surface area (Å²) in [6.45, 7) is 0. The third-order valence-corrected chi connectivity index (χ3v) is 9.41. The van der Waals surface area contributed by atoms with Crippen molar-refractivity contribution in [1.82, 2.24) is 15.6 Å². The topological polar surface area (TPSA) is 125 Å². The van der Waals surface area contributed by atoms with Crippen LogP contribution in [0.3, 0.4) is 0 Å². The number of aromatic nitrogens is 1. The molecular weight excluding hydrogens is 620 g/mol. The molecule has 0 bridgehead atoms. The summed E-state index contributed by atoms with van der Waals surface area (Å²) in [6.07, 6.45) is 5.92. The molecule has 1 heterocycles. The maximum Gasteiger partial charge on any atom is 0.289 e. The van der Waals surface area contributed by atoms with Crippen LogP contribution in [0.25, 0.3) is 10.9 Å². The van der Waals surface area contributed by atoms with Crippen molar-refractivity contribution in [2.75, 3.05) is 0 Å². The molecule has 11 heteroatoms. The number of nitrogens with one attached hydrogen (secondary N) is 3. The first kappa shape index (κ1) is 32.8. The van der Waals surface area contributed by atoms with Crippen molar-refractivity contribution in [1.29, 1.82) is 0 Å². The summed E-state index contributed by atoms with van der Waals surface area (Å²) < 4.78 is 14.1. The number of benzene rings is 2. The zero-order valence-electron chi connectivity index (χ0n) is 24.8. The molecule has 3 atom stereocenters. The summed E-state index contributed by atoms with van der Waals surface area (Å²) in [6, 6.07) is 9.15. The highest BCUT2D eigenvalue weighted by molar-refractivity contribution is 6.39. The fraction of sp³-hybridized carbons (Fsp3) is 0.441. The zero-order valence-corrected chi connectivity index (χ0v) is 26.3. The Balaban J connectivity index is 1.38. The van der Waals surface area contributed by atoms with E-state index in [1.807, 2.05) is 0 Å².